The molecule has 3 aromatic rings. The van der Waals surface area contributed by atoms with E-state index in [0.29, 0.717) is 10.8 Å². The van der Waals surface area contributed by atoms with Gasteiger partial charge in [-0.25, -0.2) is 4.98 Å². The summed E-state index contributed by atoms with van der Waals surface area (Å²) in [5, 5.41) is 0.727. The topological polar surface area (TPSA) is 48.1 Å². The molecular weight excluding hydrogens is 416 g/mol. The summed E-state index contributed by atoms with van der Waals surface area (Å²) in [4.78, 5) is 4.49. The number of nitrogens with zero attached hydrogens (tertiary/aromatic N) is 1. The zero-order valence-corrected chi connectivity index (χ0v) is 19.1. The Morgan fingerprint density at radius 2 is 1.66 bits per heavy atom. The summed E-state index contributed by atoms with van der Waals surface area (Å²) in [6.45, 7) is 3.65. The molecule has 2 aliphatic carbocycles. The highest BCUT2D eigenvalue weighted by atomic mass is 35.5. The van der Waals surface area contributed by atoms with Crippen LogP contribution in [0.1, 0.15) is 42.5 Å². The van der Waals surface area contributed by atoms with Crippen molar-refractivity contribution in [1.82, 2.24) is 4.98 Å². The second kappa shape index (κ2) is 8.28. The van der Waals surface area contributed by atoms with Crippen molar-refractivity contribution in [1.29, 1.82) is 0 Å². The van der Waals surface area contributed by atoms with Gasteiger partial charge in [-0.3, -0.25) is 0 Å². The molecule has 32 heavy (non-hydrogen) atoms. The fourth-order valence-corrected chi connectivity index (χ4v) is 4.73. The highest BCUT2D eigenvalue weighted by Gasteiger charge is 2.64. The van der Waals surface area contributed by atoms with Crippen LogP contribution in [0.25, 0.3) is 11.1 Å². The Morgan fingerprint density at radius 3 is 2.25 bits per heavy atom. The van der Waals surface area contributed by atoms with Gasteiger partial charge in [0.1, 0.15) is 11.4 Å². The van der Waals surface area contributed by atoms with E-state index in [2.05, 4.69) is 29.8 Å². The third-order valence-corrected chi connectivity index (χ3v) is 7.43. The fraction of sp³-hybridized carbons (Fsp3) is 0.321. The summed E-state index contributed by atoms with van der Waals surface area (Å²) in [6, 6.07) is 17.9. The molecule has 0 amide bonds. The quantitative estimate of drug-likeness (QED) is 0.475. The molecule has 2 N–H and O–H groups in total. The van der Waals surface area contributed by atoms with Crippen molar-refractivity contribution in [2.45, 2.75) is 32.6 Å². The zero-order chi connectivity index (χ0) is 22.2. The van der Waals surface area contributed by atoms with Gasteiger partial charge in [-0.2, -0.15) is 0 Å². The largest absolute Gasteiger partial charge is 0.493 e. The van der Waals surface area contributed by atoms with Crippen LogP contribution in [0.3, 0.4) is 0 Å². The lowest BCUT2D eigenvalue weighted by atomic mass is 9.86. The van der Waals surface area contributed by atoms with Crippen molar-refractivity contribution in [2.75, 3.05) is 13.2 Å². The molecule has 0 aliphatic heterocycles. The minimum absolute atomic E-state index is 0.316. The Kier molecular flexibility index (Phi) is 5.45. The average molecular weight is 443 g/mol. The molecule has 162 valence electrons. The Hall–Kier alpha value is -2.80. The van der Waals surface area contributed by atoms with Crippen LogP contribution in [-0.2, 0) is 0 Å². The summed E-state index contributed by atoms with van der Waals surface area (Å²) in [6.07, 6.45) is 6.86. The Labute approximate surface area is 195 Å². The van der Waals surface area contributed by atoms with E-state index in [-0.39, 0.29) is 0 Å². The lowest BCUT2D eigenvalue weighted by Crippen LogP contribution is -2.31. The highest BCUT2D eigenvalue weighted by Crippen LogP contribution is 2.69. The molecule has 4 heteroatoms. The number of hydrogen-bond donors (Lipinski definition) is 1. The monoisotopic (exact) mass is 442 g/mol. The molecule has 0 radical (unpaired) electrons. The lowest BCUT2D eigenvalue weighted by molar-refractivity contribution is 0.161. The fourth-order valence-electron chi connectivity index (χ4n) is 4.60. The van der Waals surface area contributed by atoms with E-state index in [1.165, 1.54) is 25.7 Å². The van der Waals surface area contributed by atoms with Gasteiger partial charge in [0.05, 0.1) is 6.61 Å². The summed E-state index contributed by atoms with van der Waals surface area (Å²) in [7, 11) is 0. The lowest BCUT2D eigenvalue weighted by Gasteiger charge is -2.26. The Balaban J connectivity index is 1.24. The number of hydrogen-bond acceptors (Lipinski definition) is 3. The first-order chi connectivity index (χ1) is 15.5. The maximum atomic E-state index is 6.25. The van der Waals surface area contributed by atoms with Crippen molar-refractivity contribution >= 4 is 11.6 Å². The Morgan fingerprint density at radius 1 is 0.938 bits per heavy atom. The molecule has 0 saturated heterocycles. The van der Waals surface area contributed by atoms with Crippen molar-refractivity contribution in [3.05, 3.63) is 82.6 Å². The van der Waals surface area contributed by atoms with Crippen molar-refractivity contribution < 1.29 is 4.74 Å². The minimum Gasteiger partial charge on any atom is -0.493 e. The van der Waals surface area contributed by atoms with Gasteiger partial charge in [0.2, 0.25) is 0 Å². The standard InChI is InChI=1S/C28H27ClN2O/c1-20-16-21(3-11-26(20)32-19-28(14-15-28)27(18-30)12-13-27)2-9-25-10-6-23(17-31-25)22-4-7-24(29)8-5-22/h3-8,10-11,16-17H,12-15,18-19,30H2,1H3. The van der Waals surface area contributed by atoms with Gasteiger partial charge < -0.3 is 10.5 Å². The van der Waals surface area contributed by atoms with Gasteiger partial charge in [0.15, 0.2) is 0 Å². The molecular formula is C28H27ClN2O. The average Bonchev–Trinajstić information content (AvgIpc) is 3.73. The van der Waals surface area contributed by atoms with Gasteiger partial charge in [0, 0.05) is 27.8 Å². The highest BCUT2D eigenvalue weighted by molar-refractivity contribution is 6.30. The first kappa shape index (κ1) is 21.1. The van der Waals surface area contributed by atoms with Crippen LogP contribution in [0.15, 0.2) is 60.8 Å². The second-order valence-corrected chi connectivity index (χ2v) is 9.66. The number of aromatic nitrogens is 1. The van der Waals surface area contributed by atoms with Crippen molar-refractivity contribution in [3.63, 3.8) is 0 Å². The SMILES string of the molecule is Cc1cc(C#Cc2ccc(-c3ccc(Cl)cc3)cn2)ccc1OCC1(C2(CN)CC2)CC1. The summed E-state index contributed by atoms with van der Waals surface area (Å²) in [5.74, 6) is 7.33. The number of rotatable bonds is 6. The first-order valence-corrected chi connectivity index (χ1v) is 11.6. The van der Waals surface area contributed by atoms with Gasteiger partial charge in [-0.15, -0.1) is 0 Å². The van der Waals surface area contributed by atoms with Crippen LogP contribution in [0.4, 0.5) is 0 Å². The molecule has 5 rings (SSSR count). The van der Waals surface area contributed by atoms with E-state index in [1.54, 1.807) is 0 Å². The van der Waals surface area contributed by atoms with Crippen LogP contribution in [0, 0.1) is 29.6 Å². The number of aryl methyl sites for hydroxylation is 1. The number of halogens is 1. The molecule has 2 saturated carbocycles. The molecule has 2 aliphatic rings. The summed E-state index contributed by atoms with van der Waals surface area (Å²) < 4.78 is 6.25. The van der Waals surface area contributed by atoms with Crippen molar-refractivity contribution in [3.8, 4) is 28.7 Å². The summed E-state index contributed by atoms with van der Waals surface area (Å²) in [5.41, 5.74) is 11.7. The van der Waals surface area contributed by atoms with Crippen LogP contribution < -0.4 is 10.5 Å². The van der Waals surface area contributed by atoms with Crippen LogP contribution in [-0.4, -0.2) is 18.1 Å². The maximum absolute atomic E-state index is 6.25. The predicted octanol–water partition coefficient (Wildman–Crippen LogP) is 6.01. The van der Waals surface area contributed by atoms with E-state index in [0.717, 1.165) is 51.9 Å². The molecule has 1 aromatic heterocycles. The normalized spacial score (nSPS) is 17.2. The maximum Gasteiger partial charge on any atom is 0.122 e. The van der Waals surface area contributed by atoms with Crippen LogP contribution in [0.2, 0.25) is 5.02 Å². The number of pyridine rings is 1. The van der Waals surface area contributed by atoms with E-state index in [1.807, 2.05) is 54.7 Å². The third kappa shape index (κ3) is 4.13. The van der Waals surface area contributed by atoms with E-state index in [9.17, 15) is 0 Å². The molecule has 0 unspecified atom stereocenters. The minimum atomic E-state index is 0.316. The van der Waals surface area contributed by atoms with Gasteiger partial charge in [-0.1, -0.05) is 35.7 Å². The number of benzene rings is 2. The zero-order valence-electron chi connectivity index (χ0n) is 18.3. The van der Waals surface area contributed by atoms with Crippen LogP contribution >= 0.6 is 11.6 Å². The number of ether oxygens (including phenoxy) is 1. The summed E-state index contributed by atoms with van der Waals surface area (Å²) >= 11 is 5.96. The molecule has 2 aromatic carbocycles. The van der Waals surface area contributed by atoms with E-state index >= 15 is 0 Å². The van der Waals surface area contributed by atoms with Gasteiger partial charge >= 0.3 is 0 Å². The van der Waals surface area contributed by atoms with Gasteiger partial charge in [0.25, 0.3) is 0 Å². The molecule has 0 spiro atoms. The smallest absolute Gasteiger partial charge is 0.122 e. The third-order valence-electron chi connectivity index (χ3n) is 7.18. The van der Waals surface area contributed by atoms with Crippen LogP contribution in [0.5, 0.6) is 5.75 Å². The first-order valence-electron chi connectivity index (χ1n) is 11.2. The van der Waals surface area contributed by atoms with E-state index in [4.69, 9.17) is 22.1 Å². The van der Waals surface area contributed by atoms with Gasteiger partial charge in [-0.05, 0) is 98.0 Å². The molecule has 3 nitrogen and oxygen atoms in total. The van der Waals surface area contributed by atoms with E-state index < -0.39 is 0 Å². The second-order valence-electron chi connectivity index (χ2n) is 9.22. The molecule has 1 heterocycles. The number of nitrogens with two attached hydrogens (primary N) is 1. The molecule has 0 bridgehead atoms. The van der Waals surface area contributed by atoms with Crippen molar-refractivity contribution in [2.24, 2.45) is 16.6 Å². The predicted molar refractivity (Wildman–Crippen MR) is 130 cm³/mol. The Bertz CT molecular complexity index is 1180. The molecule has 2 fully saturated rings. The molecule has 0 atom stereocenters.